The minimum absolute atomic E-state index is 0.0116. The Bertz CT molecular complexity index is 729. The Morgan fingerprint density at radius 3 is 2.79 bits per heavy atom. The minimum Gasteiger partial charge on any atom is -0.487 e. The summed E-state index contributed by atoms with van der Waals surface area (Å²) in [6.45, 7) is 0.266. The Balaban J connectivity index is 2.58. The maximum Gasteiger partial charge on any atom is 0.261 e. The molecule has 0 aliphatic heterocycles. The van der Waals surface area contributed by atoms with Crippen LogP contribution < -0.4 is 4.74 Å². The maximum absolute atomic E-state index is 11.5. The summed E-state index contributed by atoms with van der Waals surface area (Å²) in [5.74, 6) is 0.467. The Kier molecular flexibility index (Phi) is 4.29. The van der Waals surface area contributed by atoms with Crippen LogP contribution in [-0.4, -0.2) is 20.0 Å². The molecule has 4 nitrogen and oxygen atoms in total. The van der Waals surface area contributed by atoms with Crippen LogP contribution in [-0.2, 0) is 9.05 Å². The van der Waals surface area contributed by atoms with E-state index in [9.17, 15) is 8.42 Å². The molecule has 2 rings (SSSR count). The van der Waals surface area contributed by atoms with E-state index in [0.29, 0.717) is 16.7 Å². The highest BCUT2D eigenvalue weighted by atomic mass is 35.7. The first-order valence-corrected chi connectivity index (χ1v) is 7.99. The van der Waals surface area contributed by atoms with Gasteiger partial charge in [-0.2, -0.15) is 0 Å². The Hall–Kier alpha value is -1.30. The van der Waals surface area contributed by atoms with Crippen LogP contribution in [0.3, 0.4) is 0 Å². The molecular weight excluding hydrogens is 309 g/mol. The molecule has 0 bridgehead atoms. The summed E-state index contributed by atoms with van der Waals surface area (Å²) in [4.78, 5) is 4.14. The van der Waals surface area contributed by atoms with Crippen molar-refractivity contribution in [1.82, 2.24) is 4.98 Å². The van der Waals surface area contributed by atoms with E-state index in [-0.39, 0.29) is 11.5 Å². The molecule has 7 heteroatoms. The molecule has 0 saturated heterocycles. The molecule has 0 radical (unpaired) electrons. The van der Waals surface area contributed by atoms with Crippen molar-refractivity contribution >= 4 is 42.2 Å². The zero-order chi connectivity index (χ0) is 13.9. The Labute approximate surface area is 120 Å². The monoisotopic (exact) mass is 317 g/mol. The summed E-state index contributed by atoms with van der Waals surface area (Å²) >= 11 is 5.40. The molecule has 0 atom stereocenters. The van der Waals surface area contributed by atoms with Gasteiger partial charge in [-0.25, -0.2) is 8.42 Å². The second-order valence-corrected chi connectivity index (χ2v) is 6.36. The molecule has 0 saturated carbocycles. The molecule has 2 aromatic rings. The van der Waals surface area contributed by atoms with Gasteiger partial charge in [0.1, 0.15) is 17.9 Å². The van der Waals surface area contributed by atoms with E-state index < -0.39 is 9.05 Å². The van der Waals surface area contributed by atoms with Crippen molar-refractivity contribution in [3.05, 3.63) is 42.1 Å². The van der Waals surface area contributed by atoms with E-state index in [1.165, 1.54) is 17.7 Å². The molecule has 100 valence electrons. The largest absolute Gasteiger partial charge is 0.487 e. The number of ether oxygens (including phenoxy) is 1. The molecule has 0 spiro atoms. The van der Waals surface area contributed by atoms with E-state index >= 15 is 0 Å². The lowest BCUT2D eigenvalue weighted by atomic mass is 10.2. The van der Waals surface area contributed by atoms with Crippen LogP contribution in [0.4, 0.5) is 0 Å². The van der Waals surface area contributed by atoms with Crippen LogP contribution in [0, 0.1) is 0 Å². The fourth-order valence-corrected chi connectivity index (χ4v) is 2.76. The standard InChI is InChI=1S/C12H9Cl2NO3S/c13-6-2-8-18-10-4-5-11(19(14,16)17)9-3-1-7-15-12(9)10/h1-7H,8H2/b6-2+. The van der Waals surface area contributed by atoms with Gasteiger partial charge in [0.2, 0.25) is 0 Å². The first-order chi connectivity index (χ1) is 9.04. The topological polar surface area (TPSA) is 56.3 Å². The van der Waals surface area contributed by atoms with Crippen LogP contribution in [0.5, 0.6) is 5.75 Å². The van der Waals surface area contributed by atoms with Crippen LogP contribution in [0.1, 0.15) is 0 Å². The number of nitrogens with zero attached hydrogens (tertiary/aromatic N) is 1. The Morgan fingerprint density at radius 1 is 1.32 bits per heavy atom. The van der Waals surface area contributed by atoms with Crippen LogP contribution in [0.25, 0.3) is 10.9 Å². The number of aromatic nitrogens is 1. The molecule has 0 unspecified atom stereocenters. The SMILES string of the molecule is O=S(=O)(Cl)c1ccc(OC/C=C/Cl)c2ncccc12. The highest BCUT2D eigenvalue weighted by molar-refractivity contribution is 8.14. The molecule has 1 aromatic carbocycles. The highest BCUT2D eigenvalue weighted by Crippen LogP contribution is 2.31. The van der Waals surface area contributed by atoms with E-state index in [1.54, 1.807) is 24.4 Å². The Morgan fingerprint density at radius 2 is 2.11 bits per heavy atom. The van der Waals surface area contributed by atoms with Gasteiger partial charge in [0.05, 0.1) is 4.90 Å². The second-order valence-electron chi connectivity index (χ2n) is 3.57. The van der Waals surface area contributed by atoms with Gasteiger partial charge < -0.3 is 4.74 Å². The number of fused-ring (bicyclic) bond motifs is 1. The van der Waals surface area contributed by atoms with Gasteiger partial charge in [0.15, 0.2) is 0 Å². The summed E-state index contributed by atoms with van der Waals surface area (Å²) in [5, 5.41) is 0.421. The van der Waals surface area contributed by atoms with Gasteiger partial charge >= 0.3 is 0 Å². The van der Waals surface area contributed by atoms with Gasteiger partial charge in [0, 0.05) is 27.8 Å². The van der Waals surface area contributed by atoms with Gasteiger partial charge in [-0.1, -0.05) is 11.6 Å². The predicted molar refractivity (Wildman–Crippen MR) is 75.3 cm³/mol. The normalized spacial score (nSPS) is 12.1. The van der Waals surface area contributed by atoms with Gasteiger partial charge in [0.25, 0.3) is 9.05 Å². The van der Waals surface area contributed by atoms with Gasteiger partial charge in [-0.3, -0.25) is 4.98 Å². The van der Waals surface area contributed by atoms with E-state index in [0.717, 1.165) is 0 Å². The quantitative estimate of drug-likeness (QED) is 0.812. The lowest BCUT2D eigenvalue weighted by molar-refractivity contribution is 0.366. The molecule has 1 heterocycles. The van der Waals surface area contributed by atoms with Crippen LogP contribution in [0.15, 0.2) is 47.0 Å². The van der Waals surface area contributed by atoms with Gasteiger partial charge in [-0.05, 0) is 30.3 Å². The third-order valence-corrected chi connectivity index (χ3v) is 3.94. The van der Waals surface area contributed by atoms with Crippen molar-refractivity contribution in [2.75, 3.05) is 6.61 Å². The summed E-state index contributed by atoms with van der Waals surface area (Å²) in [5.41, 5.74) is 1.78. The molecule has 0 N–H and O–H groups in total. The number of halogens is 2. The number of rotatable bonds is 4. The van der Waals surface area contributed by atoms with Gasteiger partial charge in [-0.15, -0.1) is 0 Å². The molecule has 1 aromatic heterocycles. The van der Waals surface area contributed by atoms with Crippen molar-refractivity contribution in [3.63, 3.8) is 0 Å². The zero-order valence-corrected chi connectivity index (χ0v) is 11.9. The average molecular weight is 318 g/mol. The van der Waals surface area contributed by atoms with Crippen molar-refractivity contribution in [1.29, 1.82) is 0 Å². The summed E-state index contributed by atoms with van der Waals surface area (Å²) in [6.07, 6.45) is 3.17. The molecule has 19 heavy (non-hydrogen) atoms. The highest BCUT2D eigenvalue weighted by Gasteiger charge is 2.16. The number of benzene rings is 1. The number of pyridine rings is 1. The maximum atomic E-state index is 11.5. The third kappa shape index (κ3) is 3.18. The zero-order valence-electron chi connectivity index (χ0n) is 9.58. The molecular formula is C12H9Cl2NO3S. The van der Waals surface area contributed by atoms with Crippen molar-refractivity contribution in [2.24, 2.45) is 0 Å². The smallest absolute Gasteiger partial charge is 0.261 e. The van der Waals surface area contributed by atoms with Crippen molar-refractivity contribution in [2.45, 2.75) is 4.90 Å². The molecule has 0 aliphatic carbocycles. The first-order valence-electron chi connectivity index (χ1n) is 5.24. The summed E-state index contributed by atoms with van der Waals surface area (Å²) in [6, 6.07) is 6.18. The van der Waals surface area contributed by atoms with E-state index in [2.05, 4.69) is 4.98 Å². The molecule has 0 aliphatic rings. The summed E-state index contributed by atoms with van der Waals surface area (Å²) in [7, 11) is 1.56. The lowest BCUT2D eigenvalue weighted by Gasteiger charge is -2.08. The average Bonchev–Trinajstić information content (AvgIpc) is 2.37. The van der Waals surface area contributed by atoms with Crippen LogP contribution >= 0.6 is 22.3 Å². The lowest BCUT2D eigenvalue weighted by Crippen LogP contribution is -1.98. The first kappa shape index (κ1) is 14.1. The van der Waals surface area contributed by atoms with E-state index in [4.69, 9.17) is 27.0 Å². The molecule has 0 fully saturated rings. The number of hydrogen-bond acceptors (Lipinski definition) is 4. The fourth-order valence-electron chi connectivity index (χ4n) is 1.62. The fraction of sp³-hybridized carbons (Fsp3) is 0.0833. The minimum atomic E-state index is -3.83. The predicted octanol–water partition coefficient (Wildman–Crippen LogP) is 3.29. The van der Waals surface area contributed by atoms with Crippen molar-refractivity contribution in [3.8, 4) is 5.75 Å². The molecule has 0 amide bonds. The second kappa shape index (κ2) is 5.77. The van der Waals surface area contributed by atoms with Crippen LogP contribution in [0.2, 0.25) is 0 Å². The van der Waals surface area contributed by atoms with E-state index in [1.807, 2.05) is 0 Å². The summed E-state index contributed by atoms with van der Waals surface area (Å²) < 4.78 is 28.4. The number of hydrogen-bond donors (Lipinski definition) is 0. The van der Waals surface area contributed by atoms with Crippen molar-refractivity contribution < 1.29 is 13.2 Å². The third-order valence-electron chi connectivity index (χ3n) is 2.38.